The molecule has 0 saturated carbocycles. The number of sulfonamides is 1. The van der Waals surface area contributed by atoms with Gasteiger partial charge in [0.15, 0.2) is 0 Å². The summed E-state index contributed by atoms with van der Waals surface area (Å²) >= 11 is 0. The van der Waals surface area contributed by atoms with Gasteiger partial charge in [-0.05, 0) is 44.0 Å². The van der Waals surface area contributed by atoms with Gasteiger partial charge in [-0.3, -0.25) is 9.78 Å². The van der Waals surface area contributed by atoms with Gasteiger partial charge in [-0.15, -0.1) is 0 Å². The Morgan fingerprint density at radius 1 is 1.21 bits per heavy atom. The van der Waals surface area contributed by atoms with Crippen molar-refractivity contribution >= 4 is 15.9 Å². The number of amides is 1. The first-order valence-electron chi connectivity index (χ1n) is 10.7. The van der Waals surface area contributed by atoms with Gasteiger partial charge in [-0.25, -0.2) is 8.42 Å². The summed E-state index contributed by atoms with van der Waals surface area (Å²) in [6, 6.07) is 3.19. The summed E-state index contributed by atoms with van der Waals surface area (Å²) in [4.78, 5) is 21.6. The number of carbonyl (C=O) groups is 1. The number of piperidine rings is 1. The number of likely N-dealkylation sites (N-methyl/N-ethyl adjacent to an activating group) is 1. The number of nitrogens with zero attached hydrogens (tertiary/aromatic N) is 4. The van der Waals surface area contributed by atoms with E-state index in [0.717, 1.165) is 32.7 Å². The van der Waals surface area contributed by atoms with Crippen LogP contribution in [0, 0.1) is 11.8 Å². The average molecular weight is 425 g/mol. The number of rotatable bonds is 10. The van der Waals surface area contributed by atoms with Crippen molar-refractivity contribution in [2.75, 3.05) is 45.8 Å². The number of hydrogen-bond donors (Lipinski definition) is 0. The third kappa shape index (κ3) is 6.49. The predicted molar refractivity (Wildman–Crippen MR) is 115 cm³/mol. The van der Waals surface area contributed by atoms with Crippen LogP contribution >= 0.6 is 0 Å². The van der Waals surface area contributed by atoms with E-state index >= 15 is 0 Å². The molecule has 2 heterocycles. The molecule has 1 aromatic rings. The minimum Gasteiger partial charge on any atom is -0.341 e. The Labute approximate surface area is 176 Å². The van der Waals surface area contributed by atoms with Gasteiger partial charge < -0.3 is 9.80 Å². The lowest BCUT2D eigenvalue weighted by Gasteiger charge is -2.35. The van der Waals surface area contributed by atoms with Crippen molar-refractivity contribution in [3.05, 3.63) is 24.5 Å². The van der Waals surface area contributed by atoms with E-state index in [1.165, 1.54) is 10.5 Å². The Morgan fingerprint density at radius 3 is 2.38 bits per heavy atom. The molecule has 1 fully saturated rings. The highest BCUT2D eigenvalue weighted by Crippen LogP contribution is 2.25. The Bertz CT molecular complexity index is 728. The molecular weight excluding hydrogens is 388 g/mol. The summed E-state index contributed by atoms with van der Waals surface area (Å²) in [6.07, 6.45) is 4.08. The van der Waals surface area contributed by atoms with Crippen molar-refractivity contribution in [2.24, 2.45) is 11.8 Å². The molecule has 29 heavy (non-hydrogen) atoms. The Morgan fingerprint density at radius 2 is 1.86 bits per heavy atom. The first kappa shape index (κ1) is 23.8. The van der Waals surface area contributed by atoms with Crippen molar-refractivity contribution in [3.8, 4) is 0 Å². The van der Waals surface area contributed by atoms with Crippen LogP contribution in [0.3, 0.4) is 0 Å². The smallest absolute Gasteiger partial charge is 0.244 e. The number of hydrogen-bond acceptors (Lipinski definition) is 5. The molecule has 8 heteroatoms. The van der Waals surface area contributed by atoms with Gasteiger partial charge in [-0.1, -0.05) is 27.7 Å². The second kappa shape index (κ2) is 11.0. The minimum atomic E-state index is -3.54. The lowest BCUT2D eigenvalue weighted by molar-refractivity contribution is -0.137. The van der Waals surface area contributed by atoms with Gasteiger partial charge in [0.1, 0.15) is 4.90 Å². The van der Waals surface area contributed by atoms with Crippen LogP contribution in [-0.4, -0.2) is 79.2 Å². The molecule has 0 aromatic carbocycles. The summed E-state index contributed by atoms with van der Waals surface area (Å²) in [5, 5.41) is 0. The van der Waals surface area contributed by atoms with E-state index in [1.807, 2.05) is 4.90 Å². The summed E-state index contributed by atoms with van der Waals surface area (Å²) in [5.74, 6) is 0.469. The molecule has 0 radical (unpaired) electrons. The lowest BCUT2D eigenvalue weighted by Crippen LogP contribution is -2.47. The zero-order valence-corrected chi connectivity index (χ0v) is 19.1. The van der Waals surface area contributed by atoms with E-state index in [4.69, 9.17) is 0 Å². The topological polar surface area (TPSA) is 73.8 Å². The van der Waals surface area contributed by atoms with Crippen molar-refractivity contribution in [3.63, 3.8) is 0 Å². The molecule has 0 atom stereocenters. The van der Waals surface area contributed by atoms with Crippen molar-refractivity contribution in [1.29, 1.82) is 0 Å². The zero-order chi connectivity index (χ0) is 21.4. The number of pyridine rings is 1. The highest BCUT2D eigenvalue weighted by Gasteiger charge is 2.34. The molecular formula is C21H36N4O3S. The standard InChI is InChI=1S/C21H36N4O3S/c1-5-23(6-2)14-15-24(17-18(3)4)21(26)19-9-12-25(13-10-19)29(27,28)20-8-7-11-22-16-20/h7-8,11,16,18-19H,5-6,9-10,12-15,17H2,1-4H3. The van der Waals surface area contributed by atoms with E-state index in [0.29, 0.717) is 31.8 Å². The van der Waals surface area contributed by atoms with E-state index in [-0.39, 0.29) is 16.7 Å². The van der Waals surface area contributed by atoms with Crippen molar-refractivity contribution < 1.29 is 13.2 Å². The van der Waals surface area contributed by atoms with Crippen LogP contribution in [0.15, 0.2) is 29.4 Å². The maximum absolute atomic E-state index is 13.2. The molecule has 0 unspecified atom stereocenters. The van der Waals surface area contributed by atoms with Crippen LogP contribution < -0.4 is 0 Å². The molecule has 1 aliphatic heterocycles. The van der Waals surface area contributed by atoms with E-state index in [2.05, 4.69) is 37.6 Å². The maximum atomic E-state index is 13.2. The Hall–Kier alpha value is -1.51. The largest absolute Gasteiger partial charge is 0.341 e. The molecule has 1 amide bonds. The van der Waals surface area contributed by atoms with Crippen molar-refractivity contribution in [2.45, 2.75) is 45.4 Å². The fourth-order valence-corrected chi connectivity index (χ4v) is 5.22. The molecule has 0 aliphatic carbocycles. The fraction of sp³-hybridized carbons (Fsp3) is 0.714. The summed E-state index contributed by atoms with van der Waals surface area (Å²) < 4.78 is 27.0. The molecule has 2 rings (SSSR count). The minimum absolute atomic E-state index is 0.106. The molecule has 1 aliphatic rings. The SMILES string of the molecule is CCN(CC)CCN(CC(C)C)C(=O)C1CCN(S(=O)(=O)c2cccnc2)CC1. The van der Waals surface area contributed by atoms with Crippen molar-refractivity contribution in [1.82, 2.24) is 19.1 Å². The highest BCUT2D eigenvalue weighted by molar-refractivity contribution is 7.89. The van der Waals surface area contributed by atoms with Crippen LogP contribution in [0.5, 0.6) is 0 Å². The second-order valence-corrected chi connectivity index (χ2v) is 10.0. The number of carbonyl (C=O) groups excluding carboxylic acids is 1. The quantitative estimate of drug-likeness (QED) is 0.576. The molecule has 1 saturated heterocycles. The van der Waals surface area contributed by atoms with Crippen LogP contribution in [0.1, 0.15) is 40.5 Å². The van der Waals surface area contributed by atoms with E-state index in [1.54, 1.807) is 18.3 Å². The number of aromatic nitrogens is 1. The molecule has 1 aromatic heterocycles. The summed E-state index contributed by atoms with van der Waals surface area (Å²) in [7, 11) is -3.54. The van der Waals surface area contributed by atoms with Gasteiger partial charge in [0.25, 0.3) is 0 Å². The van der Waals surface area contributed by atoms with Gasteiger partial charge in [0, 0.05) is 51.0 Å². The van der Waals surface area contributed by atoms with Crippen LogP contribution in [-0.2, 0) is 14.8 Å². The lowest BCUT2D eigenvalue weighted by atomic mass is 9.96. The Kier molecular flexibility index (Phi) is 9.04. The van der Waals surface area contributed by atoms with Crippen LogP contribution in [0.2, 0.25) is 0 Å². The third-order valence-electron chi connectivity index (χ3n) is 5.55. The first-order chi connectivity index (χ1) is 13.8. The molecule has 0 N–H and O–H groups in total. The van der Waals surface area contributed by atoms with Crippen LogP contribution in [0.4, 0.5) is 0 Å². The molecule has 7 nitrogen and oxygen atoms in total. The molecule has 0 bridgehead atoms. The third-order valence-corrected chi connectivity index (χ3v) is 7.44. The van der Waals surface area contributed by atoms with Crippen LogP contribution in [0.25, 0.3) is 0 Å². The fourth-order valence-electron chi connectivity index (χ4n) is 3.78. The molecule has 164 valence electrons. The summed E-state index contributed by atoms with van der Waals surface area (Å²) in [6.45, 7) is 13.6. The normalized spacial score (nSPS) is 16.5. The average Bonchev–Trinajstić information content (AvgIpc) is 2.73. The second-order valence-electron chi connectivity index (χ2n) is 8.07. The summed E-state index contributed by atoms with van der Waals surface area (Å²) in [5.41, 5.74) is 0. The van der Waals surface area contributed by atoms with Gasteiger partial charge in [-0.2, -0.15) is 4.31 Å². The monoisotopic (exact) mass is 424 g/mol. The maximum Gasteiger partial charge on any atom is 0.244 e. The van der Waals surface area contributed by atoms with Gasteiger partial charge in [0.2, 0.25) is 15.9 Å². The van der Waals surface area contributed by atoms with Gasteiger partial charge in [0.05, 0.1) is 0 Å². The highest BCUT2D eigenvalue weighted by atomic mass is 32.2. The first-order valence-corrected chi connectivity index (χ1v) is 12.1. The molecule has 0 spiro atoms. The predicted octanol–water partition coefficient (Wildman–Crippen LogP) is 2.31. The van der Waals surface area contributed by atoms with Gasteiger partial charge >= 0.3 is 0 Å². The van der Waals surface area contributed by atoms with E-state index < -0.39 is 10.0 Å². The zero-order valence-electron chi connectivity index (χ0n) is 18.2. The Balaban J connectivity index is 1.98. The van der Waals surface area contributed by atoms with E-state index in [9.17, 15) is 13.2 Å².